The summed E-state index contributed by atoms with van der Waals surface area (Å²) in [6, 6.07) is 17.1. The van der Waals surface area contributed by atoms with Gasteiger partial charge in [-0.3, -0.25) is 14.5 Å². The van der Waals surface area contributed by atoms with Crippen molar-refractivity contribution in [1.82, 2.24) is 4.90 Å². The van der Waals surface area contributed by atoms with Crippen LogP contribution in [0.4, 0.5) is 11.4 Å². The summed E-state index contributed by atoms with van der Waals surface area (Å²) in [6.45, 7) is 5.52. The third-order valence-electron chi connectivity index (χ3n) is 7.35. The second-order valence-electron chi connectivity index (χ2n) is 11.3. The van der Waals surface area contributed by atoms with Crippen molar-refractivity contribution in [2.75, 3.05) is 45.9 Å². The third kappa shape index (κ3) is 7.26. The molecule has 2 aliphatic heterocycles. The highest BCUT2D eigenvalue weighted by atomic mass is 32.2. The molecule has 2 aromatic rings. The van der Waals surface area contributed by atoms with Crippen LogP contribution >= 0.6 is 0 Å². The van der Waals surface area contributed by atoms with Gasteiger partial charge in [0.05, 0.1) is 48.2 Å². The molecule has 2 saturated heterocycles. The molecule has 9 nitrogen and oxygen atoms in total. The minimum absolute atomic E-state index is 0.0338. The van der Waals surface area contributed by atoms with Gasteiger partial charge in [-0.2, -0.15) is 0 Å². The summed E-state index contributed by atoms with van der Waals surface area (Å²) < 4.78 is 49.1. The summed E-state index contributed by atoms with van der Waals surface area (Å²) in [5.74, 6) is -0.709. The van der Waals surface area contributed by atoms with Crippen LogP contribution < -0.4 is 9.80 Å². The fraction of sp³-hybridized carbons (Fsp3) is 0.500. The van der Waals surface area contributed by atoms with Crippen molar-refractivity contribution in [3.05, 3.63) is 60.7 Å². The zero-order valence-corrected chi connectivity index (χ0v) is 24.3. The SMILES string of the molecule is CC(C)(C)N(CC(=O)N(c1ccccc1)[C@@H]1CCS(=O)(=O)C1)CC(=O)N(c1ccccc1)[C@@H]1CCS(=O)(=O)C1. The van der Waals surface area contributed by atoms with Crippen LogP contribution in [0.2, 0.25) is 0 Å². The molecule has 0 aliphatic carbocycles. The number of sulfone groups is 2. The first kappa shape index (κ1) is 29.2. The van der Waals surface area contributed by atoms with E-state index in [1.54, 1.807) is 63.2 Å². The number of carbonyl (C=O) groups is 2. The second kappa shape index (κ2) is 11.4. The molecule has 2 aromatic carbocycles. The Kier molecular flexibility index (Phi) is 8.53. The first-order valence-corrected chi connectivity index (χ1v) is 16.8. The van der Waals surface area contributed by atoms with Crippen molar-refractivity contribution in [3.8, 4) is 0 Å². The van der Waals surface area contributed by atoms with Crippen molar-refractivity contribution in [2.45, 2.75) is 51.2 Å². The van der Waals surface area contributed by atoms with Crippen molar-refractivity contribution in [2.24, 2.45) is 0 Å². The van der Waals surface area contributed by atoms with Gasteiger partial charge in [-0.25, -0.2) is 16.8 Å². The predicted octanol–water partition coefficient (Wildman–Crippen LogP) is 2.53. The summed E-state index contributed by atoms with van der Waals surface area (Å²) in [7, 11) is -6.47. The lowest BCUT2D eigenvalue weighted by molar-refractivity contribution is -0.125. The molecule has 2 heterocycles. The quantitative estimate of drug-likeness (QED) is 0.476. The molecule has 2 amide bonds. The summed E-state index contributed by atoms with van der Waals surface area (Å²) in [4.78, 5) is 32.6. The lowest BCUT2D eigenvalue weighted by atomic mass is 10.0. The van der Waals surface area contributed by atoms with Crippen molar-refractivity contribution < 1.29 is 26.4 Å². The zero-order chi connectivity index (χ0) is 28.4. The molecule has 11 heteroatoms. The summed E-state index contributed by atoms with van der Waals surface area (Å²) in [5.41, 5.74) is 0.651. The minimum atomic E-state index is -3.24. The van der Waals surface area contributed by atoms with E-state index < -0.39 is 37.3 Å². The van der Waals surface area contributed by atoms with E-state index in [1.807, 2.05) is 32.9 Å². The molecule has 212 valence electrons. The molecular weight excluding hydrogens is 538 g/mol. The Labute approximate surface area is 231 Å². The van der Waals surface area contributed by atoms with Gasteiger partial charge in [0, 0.05) is 16.9 Å². The molecule has 2 fully saturated rings. The maximum Gasteiger partial charge on any atom is 0.241 e. The molecule has 0 unspecified atom stereocenters. The van der Waals surface area contributed by atoms with Crippen LogP contribution in [0.15, 0.2) is 60.7 Å². The largest absolute Gasteiger partial charge is 0.307 e. The predicted molar refractivity (Wildman–Crippen MR) is 153 cm³/mol. The molecule has 2 atom stereocenters. The van der Waals surface area contributed by atoms with Crippen molar-refractivity contribution in [3.63, 3.8) is 0 Å². The molecular formula is C28H37N3O6S2. The van der Waals surface area contributed by atoms with Crippen LogP contribution in [-0.2, 0) is 29.3 Å². The van der Waals surface area contributed by atoms with E-state index in [4.69, 9.17) is 0 Å². The van der Waals surface area contributed by atoms with Crippen LogP contribution in [0.1, 0.15) is 33.6 Å². The van der Waals surface area contributed by atoms with Gasteiger partial charge in [-0.1, -0.05) is 36.4 Å². The third-order valence-corrected chi connectivity index (χ3v) is 10.9. The van der Waals surface area contributed by atoms with E-state index in [2.05, 4.69) is 0 Å². The Morgan fingerprint density at radius 1 is 0.692 bits per heavy atom. The Morgan fingerprint density at radius 3 is 1.33 bits per heavy atom. The topological polar surface area (TPSA) is 112 Å². The minimum Gasteiger partial charge on any atom is -0.307 e. The molecule has 0 saturated carbocycles. The molecule has 39 heavy (non-hydrogen) atoms. The number of benzene rings is 2. The van der Waals surface area contributed by atoms with Gasteiger partial charge in [0.15, 0.2) is 19.7 Å². The highest BCUT2D eigenvalue weighted by Crippen LogP contribution is 2.28. The van der Waals surface area contributed by atoms with Gasteiger partial charge in [-0.15, -0.1) is 0 Å². The Hall–Kier alpha value is -2.76. The monoisotopic (exact) mass is 575 g/mol. The summed E-state index contributed by atoms with van der Waals surface area (Å²) >= 11 is 0. The van der Waals surface area contributed by atoms with E-state index in [1.165, 1.54) is 0 Å². The fourth-order valence-electron chi connectivity index (χ4n) is 5.26. The molecule has 2 aliphatic rings. The number of hydrogen-bond acceptors (Lipinski definition) is 7. The van der Waals surface area contributed by atoms with E-state index in [0.717, 1.165) is 0 Å². The van der Waals surface area contributed by atoms with Crippen LogP contribution in [0.3, 0.4) is 0 Å². The van der Waals surface area contributed by atoms with E-state index in [-0.39, 0.29) is 47.9 Å². The summed E-state index contributed by atoms with van der Waals surface area (Å²) in [5, 5.41) is 0. The standard InChI is InChI=1S/C28H37N3O6S2/c1-28(2,3)29(18-26(32)30(22-10-6-4-7-11-22)24-14-16-38(34,35)20-24)19-27(33)31(23-12-8-5-9-13-23)25-15-17-39(36,37)21-25/h4-13,24-25H,14-21H2,1-3H3/t24-,25-/m1/s1. The molecule has 0 N–H and O–H groups in total. The highest BCUT2D eigenvalue weighted by molar-refractivity contribution is 7.92. The first-order chi connectivity index (χ1) is 18.3. The number of hydrogen-bond donors (Lipinski definition) is 0. The number of amides is 2. The highest BCUT2D eigenvalue weighted by Gasteiger charge is 2.39. The molecule has 0 aromatic heterocycles. The lowest BCUT2D eigenvalue weighted by Crippen LogP contribution is -2.55. The zero-order valence-electron chi connectivity index (χ0n) is 22.7. The van der Waals surface area contributed by atoms with E-state index in [9.17, 15) is 26.4 Å². The van der Waals surface area contributed by atoms with Gasteiger partial charge in [0.2, 0.25) is 11.8 Å². The maximum absolute atomic E-state index is 13.8. The fourth-order valence-corrected chi connectivity index (χ4v) is 8.66. The van der Waals surface area contributed by atoms with E-state index in [0.29, 0.717) is 24.2 Å². The van der Waals surface area contributed by atoms with E-state index >= 15 is 0 Å². The molecule has 0 radical (unpaired) electrons. The van der Waals surface area contributed by atoms with Crippen LogP contribution in [-0.4, -0.2) is 87.3 Å². The number of carbonyl (C=O) groups excluding carboxylic acids is 2. The average Bonchev–Trinajstić information content (AvgIpc) is 3.40. The average molecular weight is 576 g/mol. The Morgan fingerprint density at radius 2 is 1.05 bits per heavy atom. The maximum atomic E-state index is 13.8. The Bertz CT molecular complexity index is 1290. The molecule has 0 spiro atoms. The number of para-hydroxylation sites is 2. The molecule has 4 rings (SSSR count). The van der Waals surface area contributed by atoms with Crippen LogP contribution in [0.5, 0.6) is 0 Å². The number of rotatable bonds is 8. The number of nitrogens with zero attached hydrogens (tertiary/aromatic N) is 3. The van der Waals surface area contributed by atoms with Gasteiger partial charge in [-0.05, 0) is 57.9 Å². The van der Waals surface area contributed by atoms with Gasteiger partial charge in [0.25, 0.3) is 0 Å². The van der Waals surface area contributed by atoms with Crippen molar-refractivity contribution in [1.29, 1.82) is 0 Å². The van der Waals surface area contributed by atoms with Crippen molar-refractivity contribution >= 4 is 42.9 Å². The van der Waals surface area contributed by atoms with Gasteiger partial charge in [0.1, 0.15) is 0 Å². The second-order valence-corrected chi connectivity index (χ2v) is 15.8. The normalized spacial score (nSPS) is 22.1. The number of anilines is 2. The van der Waals surface area contributed by atoms with Crippen LogP contribution in [0.25, 0.3) is 0 Å². The lowest BCUT2D eigenvalue weighted by Gasteiger charge is -2.39. The van der Waals surface area contributed by atoms with Gasteiger partial charge < -0.3 is 9.80 Å². The Balaban J connectivity index is 1.60. The summed E-state index contributed by atoms with van der Waals surface area (Å²) in [6.07, 6.45) is 0.713. The van der Waals surface area contributed by atoms with Crippen LogP contribution in [0, 0.1) is 0 Å². The first-order valence-electron chi connectivity index (χ1n) is 13.2. The van der Waals surface area contributed by atoms with Gasteiger partial charge >= 0.3 is 0 Å². The molecule has 0 bridgehead atoms. The smallest absolute Gasteiger partial charge is 0.241 e.